The molecule has 1 aromatic rings. The van der Waals surface area contributed by atoms with Crippen LogP contribution in [0.15, 0.2) is 18.2 Å². The van der Waals surface area contributed by atoms with Crippen molar-refractivity contribution in [3.63, 3.8) is 0 Å². The molecule has 1 aromatic carbocycles. The highest BCUT2D eigenvalue weighted by atomic mass is 19.1. The first-order chi connectivity index (χ1) is 8.76. The summed E-state index contributed by atoms with van der Waals surface area (Å²) in [5.41, 5.74) is 3.23. The van der Waals surface area contributed by atoms with Gasteiger partial charge in [0.1, 0.15) is 0 Å². The molecule has 3 N–H and O–H groups in total. The van der Waals surface area contributed by atoms with E-state index in [1.807, 2.05) is 0 Å². The number of nitrogens with two attached hydrogens (primary N) is 1. The zero-order valence-corrected chi connectivity index (χ0v) is 10.5. The fourth-order valence-electron chi connectivity index (χ4n) is 2.34. The van der Waals surface area contributed by atoms with E-state index in [1.54, 1.807) is 18.2 Å². The number of rotatable bonds is 5. The molecule has 5 heteroatoms. The maximum atomic E-state index is 14.1. The molecular formula is C13H19FN2O2. The average molecular weight is 254 g/mol. The molecule has 2 unspecified atom stereocenters. The first-order valence-corrected chi connectivity index (χ1v) is 6.12. The third-order valence-corrected chi connectivity index (χ3v) is 3.38. The Hall–Kier alpha value is -1.17. The van der Waals surface area contributed by atoms with Gasteiger partial charge in [-0.2, -0.15) is 0 Å². The number of benzene rings is 1. The number of methoxy groups -OCH3 is 1. The standard InChI is InChI=1S/C13H19FN2O2/c1-17-12-4-2-3-10(13(12)14)11(16-15)7-9-5-6-18-8-9/h2-4,9,11,16H,5-8,15H2,1H3. The van der Waals surface area contributed by atoms with E-state index in [1.165, 1.54) is 7.11 Å². The minimum atomic E-state index is -0.345. The summed E-state index contributed by atoms with van der Waals surface area (Å²) in [6.07, 6.45) is 1.77. The first kappa shape index (κ1) is 13.3. The lowest BCUT2D eigenvalue weighted by Crippen LogP contribution is -2.30. The molecule has 1 fully saturated rings. The average Bonchev–Trinajstić information content (AvgIpc) is 2.89. The van der Waals surface area contributed by atoms with Gasteiger partial charge in [0, 0.05) is 24.8 Å². The van der Waals surface area contributed by atoms with E-state index in [0.29, 0.717) is 11.5 Å². The summed E-state index contributed by atoms with van der Waals surface area (Å²) in [5.74, 6) is 5.87. The van der Waals surface area contributed by atoms with Crippen molar-refractivity contribution in [3.05, 3.63) is 29.6 Å². The van der Waals surface area contributed by atoms with Crippen molar-refractivity contribution in [2.45, 2.75) is 18.9 Å². The number of halogens is 1. The second kappa shape index (κ2) is 6.13. The minimum absolute atomic E-state index is 0.216. The van der Waals surface area contributed by atoms with Gasteiger partial charge in [-0.1, -0.05) is 12.1 Å². The number of nitrogens with one attached hydrogen (secondary N) is 1. The highest BCUT2D eigenvalue weighted by molar-refractivity contribution is 5.33. The number of hydrogen-bond acceptors (Lipinski definition) is 4. The van der Waals surface area contributed by atoms with E-state index in [4.69, 9.17) is 15.3 Å². The Morgan fingerprint density at radius 2 is 2.44 bits per heavy atom. The molecule has 0 spiro atoms. The Morgan fingerprint density at radius 3 is 3.06 bits per heavy atom. The predicted molar refractivity (Wildman–Crippen MR) is 66.6 cm³/mol. The predicted octanol–water partition coefficient (Wildman–Crippen LogP) is 1.77. The number of ether oxygens (including phenoxy) is 2. The SMILES string of the molecule is COc1cccc(C(CC2CCOC2)NN)c1F. The summed E-state index contributed by atoms with van der Waals surface area (Å²) in [6.45, 7) is 1.51. The molecule has 1 saturated heterocycles. The van der Waals surface area contributed by atoms with Crippen LogP contribution in [0.1, 0.15) is 24.4 Å². The Labute approximate surface area is 106 Å². The Kier molecular flexibility index (Phi) is 4.52. The Balaban J connectivity index is 2.15. The Bertz CT molecular complexity index is 395. The van der Waals surface area contributed by atoms with Crippen LogP contribution in [0.3, 0.4) is 0 Å². The molecule has 1 aliphatic heterocycles. The molecule has 0 amide bonds. The van der Waals surface area contributed by atoms with E-state index in [0.717, 1.165) is 26.1 Å². The summed E-state index contributed by atoms with van der Waals surface area (Å²) in [7, 11) is 1.46. The molecule has 0 aromatic heterocycles. The molecule has 1 heterocycles. The van der Waals surface area contributed by atoms with Crippen molar-refractivity contribution in [2.75, 3.05) is 20.3 Å². The molecule has 100 valence electrons. The van der Waals surface area contributed by atoms with Crippen molar-refractivity contribution in [3.8, 4) is 5.75 Å². The monoisotopic (exact) mass is 254 g/mol. The topological polar surface area (TPSA) is 56.5 Å². The third-order valence-electron chi connectivity index (χ3n) is 3.38. The molecule has 2 rings (SSSR count). The van der Waals surface area contributed by atoms with E-state index >= 15 is 0 Å². The van der Waals surface area contributed by atoms with Crippen LogP contribution in [-0.2, 0) is 4.74 Å². The smallest absolute Gasteiger partial charge is 0.169 e. The van der Waals surface area contributed by atoms with Gasteiger partial charge in [-0.3, -0.25) is 11.3 Å². The van der Waals surface area contributed by atoms with Gasteiger partial charge in [-0.05, 0) is 24.8 Å². The quantitative estimate of drug-likeness (QED) is 0.621. The molecule has 0 aliphatic carbocycles. The molecule has 0 bridgehead atoms. The lowest BCUT2D eigenvalue weighted by Gasteiger charge is -2.20. The summed E-state index contributed by atoms with van der Waals surface area (Å²) in [6, 6.07) is 4.89. The van der Waals surface area contributed by atoms with Crippen LogP contribution < -0.4 is 16.0 Å². The highest BCUT2D eigenvalue weighted by Gasteiger charge is 2.24. The molecule has 0 saturated carbocycles. The van der Waals surface area contributed by atoms with Gasteiger partial charge in [-0.15, -0.1) is 0 Å². The van der Waals surface area contributed by atoms with E-state index in [9.17, 15) is 4.39 Å². The maximum absolute atomic E-state index is 14.1. The van der Waals surface area contributed by atoms with Gasteiger partial charge in [0.05, 0.1) is 7.11 Å². The van der Waals surface area contributed by atoms with E-state index in [2.05, 4.69) is 5.43 Å². The summed E-state index contributed by atoms with van der Waals surface area (Å²) in [4.78, 5) is 0. The lowest BCUT2D eigenvalue weighted by atomic mass is 9.94. The molecular weight excluding hydrogens is 235 g/mol. The fourth-order valence-corrected chi connectivity index (χ4v) is 2.34. The molecule has 1 aliphatic rings. The largest absolute Gasteiger partial charge is 0.494 e. The van der Waals surface area contributed by atoms with Gasteiger partial charge in [0.15, 0.2) is 11.6 Å². The third kappa shape index (κ3) is 2.80. The van der Waals surface area contributed by atoms with Crippen LogP contribution in [0, 0.1) is 11.7 Å². The van der Waals surface area contributed by atoms with Crippen molar-refractivity contribution >= 4 is 0 Å². The summed E-state index contributed by atoms with van der Waals surface area (Å²) >= 11 is 0. The first-order valence-electron chi connectivity index (χ1n) is 6.12. The van der Waals surface area contributed by atoms with Gasteiger partial charge >= 0.3 is 0 Å². The van der Waals surface area contributed by atoms with E-state index < -0.39 is 0 Å². The van der Waals surface area contributed by atoms with Gasteiger partial charge < -0.3 is 9.47 Å². The minimum Gasteiger partial charge on any atom is -0.494 e. The van der Waals surface area contributed by atoms with Gasteiger partial charge in [0.25, 0.3) is 0 Å². The second-order valence-electron chi connectivity index (χ2n) is 4.55. The van der Waals surface area contributed by atoms with Crippen LogP contribution in [-0.4, -0.2) is 20.3 Å². The second-order valence-corrected chi connectivity index (χ2v) is 4.55. The number of hydrogen-bond donors (Lipinski definition) is 2. The molecule has 18 heavy (non-hydrogen) atoms. The molecule has 2 atom stereocenters. The van der Waals surface area contributed by atoms with Crippen LogP contribution in [0.25, 0.3) is 0 Å². The van der Waals surface area contributed by atoms with Crippen LogP contribution >= 0.6 is 0 Å². The summed E-state index contributed by atoms with van der Waals surface area (Å²) < 4.78 is 24.4. The van der Waals surface area contributed by atoms with Crippen LogP contribution in [0.4, 0.5) is 4.39 Å². The normalized spacial score (nSPS) is 20.9. The van der Waals surface area contributed by atoms with Crippen molar-refractivity contribution in [2.24, 2.45) is 11.8 Å². The Morgan fingerprint density at radius 1 is 1.61 bits per heavy atom. The molecule has 0 radical (unpaired) electrons. The van der Waals surface area contributed by atoms with Crippen molar-refractivity contribution < 1.29 is 13.9 Å². The maximum Gasteiger partial charge on any atom is 0.169 e. The van der Waals surface area contributed by atoms with Crippen LogP contribution in [0.2, 0.25) is 0 Å². The van der Waals surface area contributed by atoms with Gasteiger partial charge in [0.2, 0.25) is 0 Å². The lowest BCUT2D eigenvalue weighted by molar-refractivity contribution is 0.181. The van der Waals surface area contributed by atoms with Crippen molar-refractivity contribution in [1.29, 1.82) is 0 Å². The molecule has 4 nitrogen and oxygen atoms in total. The zero-order chi connectivity index (χ0) is 13.0. The van der Waals surface area contributed by atoms with Gasteiger partial charge in [-0.25, -0.2) is 4.39 Å². The number of hydrazine groups is 1. The zero-order valence-electron chi connectivity index (χ0n) is 10.5. The van der Waals surface area contributed by atoms with Crippen molar-refractivity contribution in [1.82, 2.24) is 5.43 Å². The van der Waals surface area contributed by atoms with E-state index in [-0.39, 0.29) is 17.6 Å². The highest BCUT2D eigenvalue weighted by Crippen LogP contribution is 2.30. The summed E-state index contributed by atoms with van der Waals surface area (Å²) in [5, 5.41) is 0. The van der Waals surface area contributed by atoms with Crippen LogP contribution in [0.5, 0.6) is 5.75 Å². The fraction of sp³-hybridized carbons (Fsp3) is 0.538.